The van der Waals surface area contributed by atoms with Crippen LogP contribution in [0.15, 0.2) is 24.3 Å². The van der Waals surface area contributed by atoms with Crippen LogP contribution in [0.2, 0.25) is 0 Å². The number of hydrogen-bond acceptors (Lipinski definition) is 3. The molecule has 1 amide bonds. The Morgan fingerprint density at radius 1 is 1.10 bits per heavy atom. The average Bonchev–Trinajstić information content (AvgIpc) is 2.39. The van der Waals surface area contributed by atoms with E-state index in [1.807, 2.05) is 38.1 Å². The summed E-state index contributed by atoms with van der Waals surface area (Å²) in [6, 6.07) is 7.47. The van der Waals surface area contributed by atoms with Crippen molar-refractivity contribution in [3.8, 4) is 5.75 Å². The molecule has 1 rings (SSSR count). The van der Waals surface area contributed by atoms with E-state index in [2.05, 4.69) is 24.5 Å². The normalized spacial score (nSPS) is 11.0. The van der Waals surface area contributed by atoms with Crippen LogP contribution < -0.4 is 15.4 Å². The summed E-state index contributed by atoms with van der Waals surface area (Å²) >= 11 is 0. The molecule has 0 bridgehead atoms. The first-order valence-corrected chi connectivity index (χ1v) is 7.74. The Morgan fingerprint density at radius 3 is 2.33 bits per heavy atom. The van der Waals surface area contributed by atoms with Crippen LogP contribution in [0.4, 0.5) is 5.69 Å². The van der Waals surface area contributed by atoms with Gasteiger partial charge in [-0.05, 0) is 57.0 Å². The van der Waals surface area contributed by atoms with Crippen molar-refractivity contribution in [2.75, 3.05) is 18.4 Å². The molecular weight excluding hydrogens is 264 g/mol. The molecule has 0 aliphatic rings. The summed E-state index contributed by atoms with van der Waals surface area (Å²) in [5, 5.41) is 6.17. The number of benzene rings is 1. The molecule has 4 nitrogen and oxygen atoms in total. The SMILES string of the molecule is CC(C)CCNCCC(=O)Nc1ccc(OC(C)C)cc1. The maximum Gasteiger partial charge on any atom is 0.225 e. The molecule has 2 N–H and O–H groups in total. The van der Waals surface area contributed by atoms with Gasteiger partial charge in [0.05, 0.1) is 6.10 Å². The van der Waals surface area contributed by atoms with E-state index in [-0.39, 0.29) is 12.0 Å². The zero-order valence-corrected chi connectivity index (χ0v) is 13.6. The van der Waals surface area contributed by atoms with Gasteiger partial charge in [-0.2, -0.15) is 0 Å². The zero-order chi connectivity index (χ0) is 15.7. The first kappa shape index (κ1) is 17.5. The van der Waals surface area contributed by atoms with Crippen molar-refractivity contribution in [1.82, 2.24) is 5.32 Å². The lowest BCUT2D eigenvalue weighted by molar-refractivity contribution is -0.116. The van der Waals surface area contributed by atoms with Crippen LogP contribution >= 0.6 is 0 Å². The van der Waals surface area contributed by atoms with Crippen molar-refractivity contribution in [2.24, 2.45) is 5.92 Å². The van der Waals surface area contributed by atoms with Gasteiger partial charge in [0.25, 0.3) is 0 Å². The average molecular weight is 292 g/mol. The number of amides is 1. The van der Waals surface area contributed by atoms with Gasteiger partial charge < -0.3 is 15.4 Å². The molecule has 0 saturated heterocycles. The van der Waals surface area contributed by atoms with E-state index in [1.165, 1.54) is 0 Å². The van der Waals surface area contributed by atoms with Crippen LogP contribution in [0.25, 0.3) is 0 Å². The summed E-state index contributed by atoms with van der Waals surface area (Å²) in [5.74, 6) is 1.54. The van der Waals surface area contributed by atoms with E-state index >= 15 is 0 Å². The molecule has 0 unspecified atom stereocenters. The van der Waals surface area contributed by atoms with Gasteiger partial charge in [-0.1, -0.05) is 13.8 Å². The van der Waals surface area contributed by atoms with Gasteiger partial charge in [0.1, 0.15) is 5.75 Å². The Balaban J connectivity index is 2.25. The van der Waals surface area contributed by atoms with E-state index in [0.717, 1.165) is 24.4 Å². The van der Waals surface area contributed by atoms with Crippen molar-refractivity contribution in [1.29, 1.82) is 0 Å². The summed E-state index contributed by atoms with van der Waals surface area (Å²) in [6.07, 6.45) is 1.78. The number of nitrogens with one attached hydrogen (secondary N) is 2. The Labute approximate surface area is 128 Å². The highest BCUT2D eigenvalue weighted by Gasteiger charge is 2.03. The number of hydrogen-bond donors (Lipinski definition) is 2. The number of rotatable bonds is 9. The summed E-state index contributed by atoms with van der Waals surface area (Å²) < 4.78 is 5.56. The summed E-state index contributed by atoms with van der Waals surface area (Å²) in [6.45, 7) is 10.0. The molecular formula is C17H28N2O2. The Kier molecular flexibility index (Phi) is 7.83. The number of anilines is 1. The fourth-order valence-corrected chi connectivity index (χ4v) is 1.83. The molecule has 1 aromatic carbocycles. The van der Waals surface area contributed by atoms with Crippen molar-refractivity contribution < 1.29 is 9.53 Å². The van der Waals surface area contributed by atoms with Crippen LogP contribution in [0, 0.1) is 5.92 Å². The van der Waals surface area contributed by atoms with E-state index in [0.29, 0.717) is 18.9 Å². The first-order valence-electron chi connectivity index (χ1n) is 7.74. The molecule has 0 heterocycles. The molecule has 1 aromatic rings. The highest BCUT2D eigenvalue weighted by atomic mass is 16.5. The number of carbonyl (C=O) groups excluding carboxylic acids is 1. The first-order chi connectivity index (χ1) is 9.97. The van der Waals surface area contributed by atoms with E-state index < -0.39 is 0 Å². The van der Waals surface area contributed by atoms with Gasteiger partial charge in [-0.15, -0.1) is 0 Å². The molecule has 0 aliphatic heterocycles. The lowest BCUT2D eigenvalue weighted by Gasteiger charge is -2.11. The van der Waals surface area contributed by atoms with Crippen LogP contribution in [-0.2, 0) is 4.79 Å². The highest BCUT2D eigenvalue weighted by Crippen LogP contribution is 2.16. The van der Waals surface area contributed by atoms with Crippen molar-refractivity contribution >= 4 is 11.6 Å². The van der Waals surface area contributed by atoms with Crippen LogP contribution in [0.1, 0.15) is 40.5 Å². The van der Waals surface area contributed by atoms with Crippen molar-refractivity contribution in [3.05, 3.63) is 24.3 Å². The lowest BCUT2D eigenvalue weighted by atomic mass is 10.1. The third-order valence-electron chi connectivity index (χ3n) is 2.94. The van der Waals surface area contributed by atoms with E-state index in [4.69, 9.17) is 4.74 Å². The predicted octanol–water partition coefficient (Wildman–Crippen LogP) is 3.44. The monoisotopic (exact) mass is 292 g/mol. The summed E-state index contributed by atoms with van der Waals surface area (Å²) in [5.41, 5.74) is 0.804. The Hall–Kier alpha value is -1.55. The molecule has 4 heteroatoms. The molecule has 0 saturated carbocycles. The van der Waals surface area contributed by atoms with E-state index in [9.17, 15) is 4.79 Å². The van der Waals surface area contributed by atoms with E-state index in [1.54, 1.807) is 0 Å². The maximum atomic E-state index is 11.8. The minimum Gasteiger partial charge on any atom is -0.491 e. The Morgan fingerprint density at radius 2 is 1.76 bits per heavy atom. The fourth-order valence-electron chi connectivity index (χ4n) is 1.83. The van der Waals surface area contributed by atoms with Crippen molar-refractivity contribution in [2.45, 2.75) is 46.6 Å². The van der Waals surface area contributed by atoms with Crippen molar-refractivity contribution in [3.63, 3.8) is 0 Å². The van der Waals surface area contributed by atoms with Gasteiger partial charge in [0.15, 0.2) is 0 Å². The van der Waals surface area contributed by atoms with Crippen LogP contribution in [0.5, 0.6) is 5.75 Å². The van der Waals surface area contributed by atoms with Gasteiger partial charge >= 0.3 is 0 Å². The molecule has 0 aromatic heterocycles. The van der Waals surface area contributed by atoms with Crippen LogP contribution in [-0.4, -0.2) is 25.1 Å². The van der Waals surface area contributed by atoms with Gasteiger partial charge in [0, 0.05) is 18.7 Å². The molecule has 0 aliphatic carbocycles. The standard InChI is InChI=1S/C17H28N2O2/c1-13(2)9-11-18-12-10-17(20)19-15-5-7-16(8-6-15)21-14(3)4/h5-8,13-14,18H,9-12H2,1-4H3,(H,19,20). The Bertz CT molecular complexity index is 413. The molecule has 21 heavy (non-hydrogen) atoms. The zero-order valence-electron chi connectivity index (χ0n) is 13.6. The van der Waals surface area contributed by atoms with Crippen LogP contribution in [0.3, 0.4) is 0 Å². The fraction of sp³-hybridized carbons (Fsp3) is 0.588. The molecule has 0 radical (unpaired) electrons. The second kappa shape index (κ2) is 9.40. The minimum atomic E-state index is 0.0320. The summed E-state index contributed by atoms with van der Waals surface area (Å²) in [7, 11) is 0. The smallest absolute Gasteiger partial charge is 0.225 e. The molecule has 118 valence electrons. The molecule has 0 atom stereocenters. The largest absolute Gasteiger partial charge is 0.491 e. The van der Waals surface area contributed by atoms with Gasteiger partial charge in [-0.3, -0.25) is 4.79 Å². The second-order valence-corrected chi connectivity index (χ2v) is 5.92. The highest BCUT2D eigenvalue weighted by molar-refractivity contribution is 5.90. The lowest BCUT2D eigenvalue weighted by Crippen LogP contribution is -2.23. The quantitative estimate of drug-likeness (QED) is 0.686. The second-order valence-electron chi connectivity index (χ2n) is 5.92. The predicted molar refractivity (Wildman–Crippen MR) is 87.8 cm³/mol. The molecule has 0 fully saturated rings. The third kappa shape index (κ3) is 8.35. The topological polar surface area (TPSA) is 50.4 Å². The van der Waals surface area contributed by atoms with Gasteiger partial charge in [-0.25, -0.2) is 0 Å². The number of ether oxygens (including phenoxy) is 1. The summed E-state index contributed by atoms with van der Waals surface area (Å²) in [4.78, 5) is 11.8. The molecule has 0 spiro atoms. The maximum absolute atomic E-state index is 11.8. The minimum absolute atomic E-state index is 0.0320. The third-order valence-corrected chi connectivity index (χ3v) is 2.94. The van der Waals surface area contributed by atoms with Gasteiger partial charge in [0.2, 0.25) is 5.91 Å². The number of carbonyl (C=O) groups is 1.